The van der Waals surface area contributed by atoms with Gasteiger partial charge in [-0.1, -0.05) is 133 Å². The van der Waals surface area contributed by atoms with E-state index in [0.717, 1.165) is 55.2 Å². The summed E-state index contributed by atoms with van der Waals surface area (Å²) in [5.41, 5.74) is 7.23. The lowest BCUT2D eigenvalue weighted by atomic mass is 9.97. The zero-order valence-corrected chi connectivity index (χ0v) is 28.3. The lowest BCUT2D eigenvalue weighted by Gasteiger charge is -2.16. The van der Waals surface area contributed by atoms with Gasteiger partial charge in [0.15, 0.2) is 0 Å². The van der Waals surface area contributed by atoms with Crippen LogP contribution in [0.3, 0.4) is 0 Å². The topological polar surface area (TPSA) is 26.9 Å². The molecule has 3 nitrogen and oxygen atoms in total. The van der Waals surface area contributed by atoms with Crippen molar-refractivity contribution in [2.75, 3.05) is 0 Å². The van der Waals surface area contributed by atoms with Gasteiger partial charge in [0.1, 0.15) is 0 Å². The fourth-order valence-electron chi connectivity index (χ4n) is 8.01. The molecule has 0 N–H and O–H groups in total. The third kappa shape index (κ3) is 4.71. The summed E-state index contributed by atoms with van der Waals surface area (Å²) in [7, 11) is 0. The number of benzene rings is 8. The van der Waals surface area contributed by atoms with Gasteiger partial charge >= 0.3 is 0 Å². The Morgan fingerprint density at radius 3 is 1.15 bits per heavy atom. The van der Waals surface area contributed by atoms with E-state index >= 15 is 0 Å². The molecule has 0 saturated carbocycles. The molecule has 0 aliphatic carbocycles. The number of aromatic nitrogens is 2. The molecular weight excluding hydrogens is 633 g/mol. The van der Waals surface area contributed by atoms with Gasteiger partial charge in [-0.3, -0.25) is 9.36 Å². The highest BCUT2D eigenvalue weighted by molar-refractivity contribution is 6.20. The van der Waals surface area contributed by atoms with E-state index in [1.165, 1.54) is 26.9 Å². The predicted molar refractivity (Wildman–Crippen MR) is 219 cm³/mol. The Labute approximate surface area is 300 Å². The van der Waals surface area contributed by atoms with E-state index in [9.17, 15) is 4.79 Å². The molecule has 244 valence electrons. The Hall–Kier alpha value is -6.97. The van der Waals surface area contributed by atoms with Crippen LogP contribution >= 0.6 is 0 Å². The van der Waals surface area contributed by atoms with Crippen LogP contribution in [0.15, 0.2) is 199 Å². The van der Waals surface area contributed by atoms with E-state index in [1.807, 2.05) is 53.1 Å². The van der Waals surface area contributed by atoms with Crippen molar-refractivity contribution in [2.45, 2.75) is 0 Å². The van der Waals surface area contributed by atoms with Crippen molar-refractivity contribution in [3.8, 4) is 22.5 Å². The van der Waals surface area contributed by atoms with E-state index in [0.29, 0.717) is 5.39 Å². The van der Waals surface area contributed by atoms with Crippen LogP contribution in [0.4, 0.5) is 0 Å². The molecule has 0 spiro atoms. The van der Waals surface area contributed by atoms with Crippen molar-refractivity contribution in [3.05, 3.63) is 204 Å². The summed E-state index contributed by atoms with van der Waals surface area (Å²) in [4.78, 5) is 13.9. The average molecular weight is 665 g/mol. The van der Waals surface area contributed by atoms with Crippen molar-refractivity contribution < 1.29 is 0 Å². The number of hydrogen-bond donors (Lipinski definition) is 0. The Morgan fingerprint density at radius 2 is 0.615 bits per heavy atom. The molecule has 0 atom stereocenters. The summed E-state index contributed by atoms with van der Waals surface area (Å²) in [5.74, 6) is 0. The first kappa shape index (κ1) is 29.9. The fraction of sp³-hybridized carbons (Fsp3) is 0. The zero-order chi connectivity index (χ0) is 34.6. The molecule has 0 bridgehead atoms. The van der Waals surface area contributed by atoms with Crippen LogP contribution in [0.25, 0.3) is 87.5 Å². The minimum atomic E-state index is -0.0163. The van der Waals surface area contributed by atoms with Crippen molar-refractivity contribution in [1.29, 1.82) is 0 Å². The van der Waals surface area contributed by atoms with E-state index in [4.69, 9.17) is 0 Å². The van der Waals surface area contributed by atoms with E-state index in [2.05, 4.69) is 150 Å². The Morgan fingerprint density at radius 1 is 0.269 bits per heavy atom. The molecule has 2 aromatic heterocycles. The maximum Gasteiger partial charge on any atom is 0.263 e. The second-order valence-corrected chi connectivity index (χ2v) is 13.3. The van der Waals surface area contributed by atoms with Gasteiger partial charge in [-0.25, -0.2) is 0 Å². The van der Waals surface area contributed by atoms with Gasteiger partial charge in [-0.15, -0.1) is 0 Å². The molecule has 10 aromatic rings. The maximum absolute atomic E-state index is 13.9. The molecule has 52 heavy (non-hydrogen) atoms. The quantitative estimate of drug-likeness (QED) is 0.173. The monoisotopic (exact) mass is 664 g/mol. The van der Waals surface area contributed by atoms with E-state index < -0.39 is 0 Å². The third-order valence-electron chi connectivity index (χ3n) is 10.4. The molecule has 10 rings (SSSR count). The minimum Gasteiger partial charge on any atom is -0.309 e. The van der Waals surface area contributed by atoms with Crippen molar-refractivity contribution in [1.82, 2.24) is 9.13 Å². The molecule has 0 unspecified atom stereocenters. The van der Waals surface area contributed by atoms with Gasteiger partial charge in [-0.2, -0.15) is 0 Å². The summed E-state index contributed by atoms with van der Waals surface area (Å²) in [6, 6.07) is 68.1. The molecular formula is C49H32N2O. The Kier molecular flexibility index (Phi) is 6.97. The van der Waals surface area contributed by atoms with E-state index in [1.54, 1.807) is 0 Å². The van der Waals surface area contributed by atoms with Gasteiger partial charge < -0.3 is 4.57 Å². The Balaban J connectivity index is 1.36. The molecule has 0 radical (unpaired) electrons. The SMILES string of the molecule is O=c1c2ccccc2c2cc(-c3ccc4c(c3)c3ccccc3c3ccccc3c3ccccc3n4-c3ccccc3)ccc2n1-c1ccccc1. The Bertz CT molecular complexity index is 3140. The van der Waals surface area contributed by atoms with Crippen LogP contribution < -0.4 is 5.56 Å². The van der Waals surface area contributed by atoms with Gasteiger partial charge in [0, 0.05) is 32.9 Å². The molecule has 0 fully saturated rings. The van der Waals surface area contributed by atoms with Crippen molar-refractivity contribution >= 4 is 65.0 Å². The smallest absolute Gasteiger partial charge is 0.263 e. The molecule has 0 saturated heterocycles. The number of rotatable bonds is 3. The highest BCUT2D eigenvalue weighted by Crippen LogP contribution is 2.37. The molecule has 2 heterocycles. The molecule has 0 amide bonds. The van der Waals surface area contributed by atoms with Crippen molar-refractivity contribution in [3.63, 3.8) is 0 Å². The maximum atomic E-state index is 13.9. The fourth-order valence-corrected chi connectivity index (χ4v) is 8.01. The largest absolute Gasteiger partial charge is 0.309 e. The van der Waals surface area contributed by atoms with Crippen LogP contribution in [0.5, 0.6) is 0 Å². The molecule has 8 aromatic carbocycles. The van der Waals surface area contributed by atoms with Crippen LogP contribution in [-0.4, -0.2) is 9.13 Å². The number of pyridine rings is 1. The molecule has 0 aliphatic rings. The molecule has 3 heteroatoms. The molecule has 0 aliphatic heterocycles. The standard InChI is InChI=1S/C49H32N2O/c52-49-43-25-12-11-23-41(43)45-32-34(28-30-48(45)51(49)36-17-5-2-6-18-36)33-27-29-47-44(31-33)40-22-10-8-20-38(40)37-19-7-9-21-39(37)42-24-13-14-26-46(42)50(47)35-15-3-1-4-16-35/h1-32H. The summed E-state index contributed by atoms with van der Waals surface area (Å²) >= 11 is 0. The first-order chi connectivity index (χ1) is 25.7. The van der Waals surface area contributed by atoms with Crippen LogP contribution in [0.2, 0.25) is 0 Å². The lowest BCUT2D eigenvalue weighted by Crippen LogP contribution is -2.19. The highest BCUT2D eigenvalue weighted by atomic mass is 16.1. The summed E-state index contributed by atoms with van der Waals surface area (Å²) in [5, 5.41) is 9.78. The zero-order valence-electron chi connectivity index (χ0n) is 28.3. The van der Waals surface area contributed by atoms with Crippen LogP contribution in [-0.2, 0) is 0 Å². The number of fused-ring (bicyclic) bond motifs is 10. The second kappa shape index (κ2) is 12.1. The van der Waals surface area contributed by atoms with Gasteiger partial charge in [0.2, 0.25) is 0 Å². The predicted octanol–water partition coefficient (Wildman–Crippen LogP) is 12.3. The van der Waals surface area contributed by atoms with Crippen LogP contribution in [0, 0.1) is 0 Å². The summed E-state index contributed by atoms with van der Waals surface area (Å²) < 4.78 is 4.24. The first-order valence-electron chi connectivity index (χ1n) is 17.7. The van der Waals surface area contributed by atoms with Crippen molar-refractivity contribution in [2.24, 2.45) is 0 Å². The van der Waals surface area contributed by atoms with E-state index in [-0.39, 0.29) is 5.56 Å². The highest BCUT2D eigenvalue weighted by Gasteiger charge is 2.15. The normalized spacial score (nSPS) is 11.5. The number of hydrogen-bond acceptors (Lipinski definition) is 1. The second-order valence-electron chi connectivity index (χ2n) is 13.3. The van der Waals surface area contributed by atoms with Gasteiger partial charge in [-0.05, 0) is 98.7 Å². The summed E-state index contributed by atoms with van der Waals surface area (Å²) in [6.45, 7) is 0. The first-order valence-corrected chi connectivity index (χ1v) is 17.7. The minimum absolute atomic E-state index is 0.0163. The number of nitrogens with zero attached hydrogens (tertiary/aromatic N) is 2. The van der Waals surface area contributed by atoms with Crippen LogP contribution in [0.1, 0.15) is 0 Å². The third-order valence-corrected chi connectivity index (χ3v) is 10.4. The average Bonchev–Trinajstić information content (AvgIpc) is 3.26. The van der Waals surface area contributed by atoms with Gasteiger partial charge in [0.25, 0.3) is 5.56 Å². The lowest BCUT2D eigenvalue weighted by molar-refractivity contribution is 1.06. The summed E-state index contributed by atoms with van der Waals surface area (Å²) in [6.07, 6.45) is 0. The van der Waals surface area contributed by atoms with Gasteiger partial charge in [0.05, 0.1) is 16.6 Å². The number of para-hydroxylation sites is 3.